The monoisotopic (exact) mass is 412 g/mol. The number of amides is 2. The molecular formula is C21H20N2O7. The Hall–Kier alpha value is -4.01. The molecule has 1 aliphatic rings. The summed E-state index contributed by atoms with van der Waals surface area (Å²) in [7, 11) is 1.56. The van der Waals surface area contributed by atoms with Crippen LogP contribution in [0.2, 0.25) is 0 Å². The molecule has 30 heavy (non-hydrogen) atoms. The van der Waals surface area contributed by atoms with Crippen LogP contribution in [0, 0.1) is 0 Å². The van der Waals surface area contributed by atoms with Gasteiger partial charge in [-0.05, 0) is 35.9 Å². The van der Waals surface area contributed by atoms with E-state index >= 15 is 0 Å². The van der Waals surface area contributed by atoms with Crippen molar-refractivity contribution in [3.8, 4) is 17.2 Å². The van der Waals surface area contributed by atoms with Gasteiger partial charge < -0.3 is 18.9 Å². The quantitative estimate of drug-likeness (QED) is 0.417. The van der Waals surface area contributed by atoms with Crippen LogP contribution in [-0.4, -0.2) is 44.2 Å². The predicted octanol–water partition coefficient (Wildman–Crippen LogP) is 1.24. The largest absolute Gasteiger partial charge is 0.497 e. The topological polar surface area (TPSA) is 112 Å². The second-order valence-electron chi connectivity index (χ2n) is 6.12. The average molecular weight is 412 g/mol. The summed E-state index contributed by atoms with van der Waals surface area (Å²) in [6.45, 7) is -0.555. The van der Waals surface area contributed by atoms with Crippen molar-refractivity contribution in [1.29, 1.82) is 0 Å². The van der Waals surface area contributed by atoms with Crippen LogP contribution in [0.1, 0.15) is 5.56 Å². The average Bonchev–Trinajstić information content (AvgIpc) is 2.79. The van der Waals surface area contributed by atoms with Gasteiger partial charge >= 0.3 is 5.97 Å². The molecule has 9 nitrogen and oxygen atoms in total. The first-order valence-corrected chi connectivity index (χ1v) is 9.01. The van der Waals surface area contributed by atoms with Gasteiger partial charge in [-0.2, -0.15) is 0 Å². The van der Waals surface area contributed by atoms with E-state index in [2.05, 4.69) is 10.9 Å². The van der Waals surface area contributed by atoms with Crippen molar-refractivity contribution in [2.45, 2.75) is 6.10 Å². The standard InChI is InChI=1S/C21H20N2O7/c1-27-15-9-6-14(7-10-15)8-11-20(25)29-13-19(24)22-23-21(26)18-12-28-16-4-2-3-5-17(16)30-18/h2-11,18H,12-13H2,1H3,(H,22,24)(H,23,26)/b11-8+/t18-/m0/s1. The fourth-order valence-electron chi connectivity index (χ4n) is 2.46. The van der Waals surface area contributed by atoms with E-state index in [1.165, 1.54) is 6.08 Å². The van der Waals surface area contributed by atoms with Crippen molar-refractivity contribution in [3.63, 3.8) is 0 Å². The lowest BCUT2D eigenvalue weighted by atomic mass is 10.2. The number of rotatable bonds is 6. The van der Waals surface area contributed by atoms with Crippen molar-refractivity contribution in [1.82, 2.24) is 10.9 Å². The summed E-state index contributed by atoms with van der Waals surface area (Å²) in [5.41, 5.74) is 5.13. The molecule has 1 heterocycles. The maximum Gasteiger partial charge on any atom is 0.331 e. The lowest BCUT2D eigenvalue weighted by Gasteiger charge is -2.25. The number of nitrogens with one attached hydrogen (secondary N) is 2. The van der Waals surface area contributed by atoms with E-state index in [-0.39, 0.29) is 6.61 Å². The summed E-state index contributed by atoms with van der Waals surface area (Å²) < 4.78 is 20.8. The molecule has 1 atom stereocenters. The minimum atomic E-state index is -0.921. The van der Waals surface area contributed by atoms with Crippen LogP contribution in [0.5, 0.6) is 17.2 Å². The first kappa shape index (κ1) is 20.7. The summed E-state index contributed by atoms with van der Waals surface area (Å²) >= 11 is 0. The number of carbonyl (C=O) groups excluding carboxylic acids is 3. The third-order valence-electron chi connectivity index (χ3n) is 4.00. The minimum Gasteiger partial charge on any atom is -0.497 e. The van der Waals surface area contributed by atoms with Crippen LogP contribution in [0.25, 0.3) is 6.08 Å². The van der Waals surface area contributed by atoms with Gasteiger partial charge in [-0.1, -0.05) is 24.3 Å². The number of hydrazine groups is 1. The van der Waals surface area contributed by atoms with Gasteiger partial charge in [0, 0.05) is 6.08 Å². The molecule has 0 saturated heterocycles. The van der Waals surface area contributed by atoms with Gasteiger partial charge in [0.05, 0.1) is 7.11 Å². The molecule has 0 aliphatic carbocycles. The number of carbonyl (C=O) groups is 3. The van der Waals surface area contributed by atoms with Crippen LogP contribution in [-0.2, 0) is 19.1 Å². The van der Waals surface area contributed by atoms with Crippen molar-refractivity contribution in [2.75, 3.05) is 20.3 Å². The molecule has 0 radical (unpaired) electrons. The summed E-state index contributed by atoms with van der Waals surface area (Å²) in [6, 6.07) is 14.0. The van der Waals surface area contributed by atoms with Gasteiger partial charge in [-0.3, -0.25) is 20.4 Å². The molecule has 2 aromatic carbocycles. The SMILES string of the molecule is COc1ccc(/C=C/C(=O)OCC(=O)NNC(=O)[C@@H]2COc3ccccc3O2)cc1. The van der Waals surface area contributed by atoms with Gasteiger partial charge in [-0.25, -0.2) is 4.79 Å². The van der Waals surface area contributed by atoms with E-state index in [4.69, 9.17) is 18.9 Å². The first-order chi connectivity index (χ1) is 14.5. The van der Waals surface area contributed by atoms with Gasteiger partial charge in [0.25, 0.3) is 11.8 Å². The summed E-state index contributed by atoms with van der Waals surface area (Å²) in [4.78, 5) is 35.6. The summed E-state index contributed by atoms with van der Waals surface area (Å²) in [6.07, 6.45) is 1.81. The Kier molecular flexibility index (Phi) is 6.88. The van der Waals surface area contributed by atoms with Crippen molar-refractivity contribution < 1.29 is 33.3 Å². The second kappa shape index (κ2) is 9.97. The number of methoxy groups -OCH3 is 1. The Labute approximate surface area is 172 Å². The van der Waals surface area contributed by atoms with E-state index in [9.17, 15) is 14.4 Å². The molecule has 0 saturated carbocycles. The van der Waals surface area contributed by atoms with E-state index in [1.54, 1.807) is 61.7 Å². The maximum absolute atomic E-state index is 12.1. The van der Waals surface area contributed by atoms with Crippen LogP contribution >= 0.6 is 0 Å². The van der Waals surface area contributed by atoms with Crippen LogP contribution in [0.3, 0.4) is 0 Å². The molecule has 1 aliphatic heterocycles. The number of benzene rings is 2. The highest BCUT2D eigenvalue weighted by Gasteiger charge is 2.27. The Morgan fingerprint density at radius 1 is 1.07 bits per heavy atom. The van der Waals surface area contributed by atoms with E-state index in [0.29, 0.717) is 17.2 Å². The van der Waals surface area contributed by atoms with E-state index in [0.717, 1.165) is 5.56 Å². The lowest BCUT2D eigenvalue weighted by molar-refractivity contribution is -0.145. The second-order valence-corrected chi connectivity index (χ2v) is 6.12. The number of hydrogen-bond acceptors (Lipinski definition) is 7. The Morgan fingerprint density at radius 3 is 2.53 bits per heavy atom. The van der Waals surface area contributed by atoms with Crippen LogP contribution < -0.4 is 25.1 Å². The number of esters is 1. The van der Waals surface area contributed by atoms with Gasteiger partial charge in [0.1, 0.15) is 12.4 Å². The fourth-order valence-corrected chi connectivity index (χ4v) is 2.46. The smallest absolute Gasteiger partial charge is 0.331 e. The molecule has 0 unspecified atom stereocenters. The fraction of sp³-hybridized carbons (Fsp3) is 0.190. The minimum absolute atomic E-state index is 0.00383. The highest BCUT2D eigenvalue weighted by molar-refractivity contribution is 5.90. The molecule has 0 spiro atoms. The maximum atomic E-state index is 12.1. The highest BCUT2D eigenvalue weighted by atomic mass is 16.6. The normalized spacial score (nSPS) is 14.6. The molecule has 2 amide bonds. The number of para-hydroxylation sites is 2. The Balaban J connectivity index is 1.37. The summed E-state index contributed by atoms with van der Waals surface area (Å²) in [5, 5.41) is 0. The third-order valence-corrected chi connectivity index (χ3v) is 4.00. The molecular weight excluding hydrogens is 392 g/mol. The molecule has 3 rings (SSSR count). The van der Waals surface area contributed by atoms with Gasteiger partial charge in [-0.15, -0.1) is 0 Å². The molecule has 9 heteroatoms. The predicted molar refractivity (Wildman–Crippen MR) is 106 cm³/mol. The van der Waals surface area contributed by atoms with Crippen molar-refractivity contribution in [2.24, 2.45) is 0 Å². The zero-order valence-corrected chi connectivity index (χ0v) is 16.1. The molecule has 0 aromatic heterocycles. The van der Waals surface area contributed by atoms with E-state index in [1.807, 2.05) is 0 Å². The molecule has 156 valence electrons. The number of fused-ring (bicyclic) bond motifs is 1. The molecule has 0 fully saturated rings. The Bertz CT molecular complexity index is 941. The molecule has 0 bridgehead atoms. The van der Waals surface area contributed by atoms with Crippen molar-refractivity contribution in [3.05, 3.63) is 60.2 Å². The Morgan fingerprint density at radius 2 is 1.80 bits per heavy atom. The van der Waals surface area contributed by atoms with Gasteiger partial charge in [0.15, 0.2) is 18.1 Å². The first-order valence-electron chi connectivity index (χ1n) is 9.01. The zero-order valence-electron chi connectivity index (χ0n) is 16.1. The highest BCUT2D eigenvalue weighted by Crippen LogP contribution is 2.30. The summed E-state index contributed by atoms with van der Waals surface area (Å²) in [5.74, 6) is -0.320. The van der Waals surface area contributed by atoms with E-state index < -0.39 is 30.5 Å². The van der Waals surface area contributed by atoms with Gasteiger partial charge in [0.2, 0.25) is 6.10 Å². The number of ether oxygens (including phenoxy) is 4. The van der Waals surface area contributed by atoms with Crippen LogP contribution in [0.15, 0.2) is 54.6 Å². The lowest BCUT2D eigenvalue weighted by Crippen LogP contribution is -2.51. The number of hydrogen-bond donors (Lipinski definition) is 2. The zero-order chi connectivity index (χ0) is 21.3. The van der Waals surface area contributed by atoms with Crippen LogP contribution in [0.4, 0.5) is 0 Å². The van der Waals surface area contributed by atoms with Crippen molar-refractivity contribution >= 4 is 23.9 Å². The molecule has 2 N–H and O–H groups in total. The third kappa shape index (κ3) is 5.74. The molecule has 2 aromatic rings.